The van der Waals surface area contributed by atoms with Crippen molar-refractivity contribution in [2.45, 2.75) is 19.9 Å². The van der Waals surface area contributed by atoms with Gasteiger partial charge in [-0.3, -0.25) is 4.68 Å². The number of nitrogens with zero attached hydrogens (tertiary/aromatic N) is 4. The van der Waals surface area contributed by atoms with Crippen LogP contribution in [0.15, 0.2) is 24.5 Å². The van der Waals surface area contributed by atoms with Crippen LogP contribution in [0.4, 0.5) is 11.8 Å². The summed E-state index contributed by atoms with van der Waals surface area (Å²) in [5.74, 6) is 1.53. The molecule has 0 unspecified atom stereocenters. The average molecular weight is 302 g/mol. The number of nitrogens with one attached hydrogen (secondary N) is 2. The van der Waals surface area contributed by atoms with Crippen LogP contribution in [-0.2, 0) is 13.0 Å². The highest BCUT2D eigenvalue weighted by molar-refractivity contribution is 7.18. The molecule has 0 saturated heterocycles. The monoisotopic (exact) mass is 302 g/mol. The van der Waals surface area contributed by atoms with E-state index in [0.717, 1.165) is 35.5 Å². The maximum Gasteiger partial charge on any atom is 0.225 e. The Labute approximate surface area is 127 Å². The lowest BCUT2D eigenvalue weighted by Crippen LogP contribution is -2.12. The van der Waals surface area contributed by atoms with Crippen molar-refractivity contribution in [3.8, 4) is 0 Å². The molecular formula is C14H18N6S. The predicted octanol–water partition coefficient (Wildman–Crippen LogP) is 2.60. The van der Waals surface area contributed by atoms with E-state index < -0.39 is 0 Å². The van der Waals surface area contributed by atoms with Gasteiger partial charge >= 0.3 is 0 Å². The van der Waals surface area contributed by atoms with Gasteiger partial charge in [-0.15, -0.1) is 11.3 Å². The van der Waals surface area contributed by atoms with Crippen molar-refractivity contribution in [1.29, 1.82) is 0 Å². The number of fused-ring (bicyclic) bond motifs is 1. The minimum absolute atomic E-state index is 0.647. The first-order chi connectivity index (χ1) is 10.3. The van der Waals surface area contributed by atoms with Gasteiger partial charge in [-0.25, -0.2) is 4.98 Å². The molecule has 0 spiro atoms. The topological polar surface area (TPSA) is 67.7 Å². The Balaban J connectivity index is 1.83. The summed E-state index contributed by atoms with van der Waals surface area (Å²) in [6, 6.07) is 4.10. The molecule has 0 bridgehead atoms. The van der Waals surface area contributed by atoms with Crippen LogP contribution in [0.1, 0.15) is 11.8 Å². The normalized spacial score (nSPS) is 11.0. The molecule has 0 aromatic carbocycles. The van der Waals surface area contributed by atoms with Crippen molar-refractivity contribution in [3.05, 3.63) is 29.4 Å². The van der Waals surface area contributed by atoms with Crippen LogP contribution in [-0.4, -0.2) is 33.3 Å². The van der Waals surface area contributed by atoms with Gasteiger partial charge in [0.15, 0.2) is 0 Å². The van der Waals surface area contributed by atoms with Gasteiger partial charge in [0.1, 0.15) is 10.6 Å². The second-order valence-corrected chi connectivity index (χ2v) is 5.74. The molecule has 0 aliphatic heterocycles. The summed E-state index contributed by atoms with van der Waals surface area (Å²) in [7, 11) is 1.84. The highest BCUT2D eigenvalue weighted by atomic mass is 32.1. The molecule has 0 aliphatic rings. The zero-order valence-electron chi connectivity index (χ0n) is 12.1. The standard InChI is InChI=1S/C14H18N6S/c1-3-10-9-11-12(16-6-8-20-7-4-5-17-20)18-14(15-2)19-13(11)21-10/h4-5,7,9H,3,6,8H2,1-2H3,(H2,15,16,18,19). The van der Waals surface area contributed by atoms with Crippen molar-refractivity contribution >= 4 is 33.3 Å². The number of rotatable bonds is 6. The van der Waals surface area contributed by atoms with E-state index in [0.29, 0.717) is 5.95 Å². The van der Waals surface area contributed by atoms with Crippen LogP contribution >= 0.6 is 11.3 Å². The van der Waals surface area contributed by atoms with Crippen molar-refractivity contribution < 1.29 is 0 Å². The SMILES string of the molecule is CCc1cc2c(NCCn3cccn3)nc(NC)nc2s1. The van der Waals surface area contributed by atoms with Crippen LogP contribution < -0.4 is 10.6 Å². The van der Waals surface area contributed by atoms with Crippen molar-refractivity contribution in [2.24, 2.45) is 0 Å². The first-order valence-corrected chi connectivity index (χ1v) is 7.81. The van der Waals surface area contributed by atoms with E-state index in [4.69, 9.17) is 0 Å². The molecule has 110 valence electrons. The number of hydrogen-bond donors (Lipinski definition) is 2. The lowest BCUT2D eigenvalue weighted by Gasteiger charge is -2.08. The third-order valence-electron chi connectivity index (χ3n) is 3.21. The summed E-state index contributed by atoms with van der Waals surface area (Å²) < 4.78 is 1.90. The Bertz CT molecular complexity index is 718. The molecule has 0 atom stereocenters. The first-order valence-electron chi connectivity index (χ1n) is 6.99. The average Bonchev–Trinajstić information content (AvgIpc) is 3.15. The van der Waals surface area contributed by atoms with E-state index in [9.17, 15) is 0 Å². The zero-order chi connectivity index (χ0) is 14.7. The number of thiophene rings is 1. The lowest BCUT2D eigenvalue weighted by atomic mass is 10.3. The Morgan fingerprint density at radius 2 is 2.24 bits per heavy atom. The van der Waals surface area contributed by atoms with Crippen LogP contribution in [0.3, 0.4) is 0 Å². The van der Waals surface area contributed by atoms with Gasteiger partial charge in [0, 0.05) is 30.9 Å². The highest BCUT2D eigenvalue weighted by Gasteiger charge is 2.10. The fourth-order valence-electron chi connectivity index (χ4n) is 2.11. The van der Waals surface area contributed by atoms with Gasteiger partial charge in [-0.2, -0.15) is 10.1 Å². The van der Waals surface area contributed by atoms with Crippen molar-refractivity contribution in [3.63, 3.8) is 0 Å². The van der Waals surface area contributed by atoms with Gasteiger partial charge in [-0.1, -0.05) is 6.92 Å². The second kappa shape index (κ2) is 6.09. The predicted molar refractivity (Wildman–Crippen MR) is 87.1 cm³/mol. The Hall–Kier alpha value is -2.15. The maximum absolute atomic E-state index is 4.53. The molecule has 3 heterocycles. The first kappa shape index (κ1) is 13.8. The van der Waals surface area contributed by atoms with E-state index in [1.165, 1.54) is 4.88 Å². The van der Waals surface area contributed by atoms with E-state index >= 15 is 0 Å². The quantitative estimate of drug-likeness (QED) is 0.732. The number of hydrogen-bond acceptors (Lipinski definition) is 6. The largest absolute Gasteiger partial charge is 0.368 e. The van der Waals surface area contributed by atoms with E-state index in [1.807, 2.05) is 24.0 Å². The summed E-state index contributed by atoms with van der Waals surface area (Å²) in [5, 5.41) is 11.7. The Morgan fingerprint density at radius 3 is 2.95 bits per heavy atom. The van der Waals surface area contributed by atoms with Crippen molar-refractivity contribution in [2.75, 3.05) is 24.2 Å². The third-order valence-corrected chi connectivity index (χ3v) is 4.38. The van der Waals surface area contributed by atoms with Crippen LogP contribution in [0.5, 0.6) is 0 Å². The van der Waals surface area contributed by atoms with E-state index in [2.05, 4.69) is 38.7 Å². The number of anilines is 2. The molecule has 2 N–H and O–H groups in total. The minimum Gasteiger partial charge on any atom is -0.368 e. The summed E-state index contributed by atoms with van der Waals surface area (Å²) >= 11 is 1.72. The molecule has 6 nitrogen and oxygen atoms in total. The maximum atomic E-state index is 4.53. The minimum atomic E-state index is 0.647. The fourth-order valence-corrected chi connectivity index (χ4v) is 3.08. The Kier molecular flexibility index (Phi) is 4.01. The molecule has 3 rings (SSSR count). The fraction of sp³-hybridized carbons (Fsp3) is 0.357. The van der Waals surface area contributed by atoms with Gasteiger partial charge in [0.05, 0.1) is 11.9 Å². The van der Waals surface area contributed by atoms with Gasteiger partial charge in [0.25, 0.3) is 0 Å². The molecule has 0 aliphatic carbocycles. The molecule has 0 radical (unpaired) electrons. The molecule has 0 amide bonds. The van der Waals surface area contributed by atoms with Crippen LogP contribution in [0.2, 0.25) is 0 Å². The molecule has 7 heteroatoms. The molecular weight excluding hydrogens is 284 g/mol. The van der Waals surface area contributed by atoms with Crippen molar-refractivity contribution in [1.82, 2.24) is 19.7 Å². The highest BCUT2D eigenvalue weighted by Crippen LogP contribution is 2.30. The molecule has 3 aromatic rings. The summed E-state index contributed by atoms with van der Waals surface area (Å²) in [5.41, 5.74) is 0. The van der Waals surface area contributed by atoms with E-state index in [-0.39, 0.29) is 0 Å². The van der Waals surface area contributed by atoms with E-state index in [1.54, 1.807) is 17.5 Å². The zero-order valence-corrected chi connectivity index (χ0v) is 12.9. The van der Waals surface area contributed by atoms with Crippen LogP contribution in [0.25, 0.3) is 10.2 Å². The summed E-state index contributed by atoms with van der Waals surface area (Å²) in [4.78, 5) is 11.4. The van der Waals surface area contributed by atoms with Gasteiger partial charge in [0.2, 0.25) is 5.95 Å². The summed E-state index contributed by atoms with van der Waals surface area (Å²) in [6.07, 6.45) is 4.76. The molecule has 3 aromatic heterocycles. The molecule has 0 saturated carbocycles. The number of aryl methyl sites for hydroxylation is 1. The van der Waals surface area contributed by atoms with Gasteiger partial charge in [-0.05, 0) is 18.6 Å². The molecule has 0 fully saturated rings. The smallest absolute Gasteiger partial charge is 0.225 e. The van der Waals surface area contributed by atoms with Crippen LogP contribution in [0, 0.1) is 0 Å². The second-order valence-electron chi connectivity index (χ2n) is 4.63. The molecule has 21 heavy (non-hydrogen) atoms. The van der Waals surface area contributed by atoms with Gasteiger partial charge < -0.3 is 10.6 Å². The summed E-state index contributed by atoms with van der Waals surface area (Å²) in [6.45, 7) is 3.73. The number of aromatic nitrogens is 4. The third kappa shape index (κ3) is 2.97. The Morgan fingerprint density at radius 1 is 1.33 bits per heavy atom. The lowest BCUT2D eigenvalue weighted by molar-refractivity contribution is 0.637.